The summed E-state index contributed by atoms with van der Waals surface area (Å²) in [6.45, 7) is 12.3. The van der Waals surface area contributed by atoms with Crippen LogP contribution >= 0.6 is 0 Å². The molecule has 0 radical (unpaired) electrons. The van der Waals surface area contributed by atoms with Gasteiger partial charge in [0.15, 0.2) is 11.6 Å². The van der Waals surface area contributed by atoms with E-state index in [0.29, 0.717) is 12.1 Å². The van der Waals surface area contributed by atoms with Crippen LogP contribution in [0.4, 0.5) is 4.39 Å². The molecule has 6 heteroatoms. The lowest BCUT2D eigenvalue weighted by Crippen LogP contribution is -2.41. The smallest absolute Gasteiger partial charge is 0.491 e. The van der Waals surface area contributed by atoms with Gasteiger partial charge in [-0.3, -0.25) is 0 Å². The summed E-state index contributed by atoms with van der Waals surface area (Å²) in [6.07, 6.45) is 3.39. The lowest BCUT2D eigenvalue weighted by molar-refractivity contribution is 0.00578. The maximum absolute atomic E-state index is 14.5. The van der Waals surface area contributed by atoms with Gasteiger partial charge in [-0.2, -0.15) is 0 Å². The van der Waals surface area contributed by atoms with E-state index in [2.05, 4.69) is 0 Å². The van der Waals surface area contributed by atoms with Gasteiger partial charge in [-0.1, -0.05) is 19.1 Å². The van der Waals surface area contributed by atoms with E-state index in [1.165, 1.54) is 12.8 Å². The SMILES string of the molecule is C1CCOC1.CCCOc1cccc(B2OC(C)(C)C(C)(C)O2)c1F. The first kappa shape index (κ1) is 20.2. The molecule has 2 aliphatic heterocycles. The molecule has 2 fully saturated rings. The second-order valence-electron chi connectivity index (χ2n) is 7.42. The minimum atomic E-state index is -0.704. The van der Waals surface area contributed by atoms with Gasteiger partial charge in [-0.05, 0) is 53.0 Å². The number of hydrogen-bond acceptors (Lipinski definition) is 4. The predicted molar refractivity (Wildman–Crippen MR) is 98.0 cm³/mol. The van der Waals surface area contributed by atoms with Crippen molar-refractivity contribution in [2.75, 3.05) is 19.8 Å². The maximum Gasteiger partial charge on any atom is 0.497 e. The topological polar surface area (TPSA) is 36.9 Å². The van der Waals surface area contributed by atoms with Gasteiger partial charge < -0.3 is 18.8 Å². The van der Waals surface area contributed by atoms with E-state index in [1.807, 2.05) is 34.6 Å². The molecule has 0 N–H and O–H groups in total. The first-order valence-corrected chi connectivity index (χ1v) is 9.13. The standard InChI is InChI=1S/C15H22BFO3.C4H8O/c1-6-10-18-12-9-7-8-11(13(12)17)16-19-14(2,3)15(4,5)20-16;1-2-4-5-3-1/h7-9H,6,10H2,1-5H3;1-4H2. The highest BCUT2D eigenvalue weighted by Crippen LogP contribution is 2.37. The Labute approximate surface area is 151 Å². The Balaban J connectivity index is 0.000000386. The predicted octanol–water partition coefficient (Wildman–Crippen LogP) is 3.71. The fraction of sp³-hybridized carbons (Fsp3) is 0.684. The Kier molecular flexibility index (Phi) is 6.89. The minimum absolute atomic E-state index is 0.249. The van der Waals surface area contributed by atoms with Crippen molar-refractivity contribution in [2.24, 2.45) is 0 Å². The number of rotatable bonds is 4. The fourth-order valence-corrected chi connectivity index (χ4v) is 2.51. The summed E-state index contributed by atoms with van der Waals surface area (Å²) in [7, 11) is -0.704. The van der Waals surface area contributed by atoms with Crippen molar-refractivity contribution in [2.45, 2.75) is 65.1 Å². The first-order valence-electron chi connectivity index (χ1n) is 9.13. The lowest BCUT2D eigenvalue weighted by Gasteiger charge is -2.32. The zero-order chi connectivity index (χ0) is 18.5. The molecule has 0 spiro atoms. The summed E-state index contributed by atoms with van der Waals surface area (Å²) in [6, 6.07) is 5.06. The summed E-state index contributed by atoms with van der Waals surface area (Å²) in [4.78, 5) is 0. The quantitative estimate of drug-likeness (QED) is 0.774. The summed E-state index contributed by atoms with van der Waals surface area (Å²) >= 11 is 0. The van der Waals surface area contributed by atoms with E-state index in [-0.39, 0.29) is 5.75 Å². The molecule has 140 valence electrons. The molecule has 4 nitrogen and oxygen atoms in total. The van der Waals surface area contributed by atoms with Gasteiger partial charge in [0.2, 0.25) is 0 Å². The fourth-order valence-electron chi connectivity index (χ4n) is 2.51. The largest absolute Gasteiger partial charge is 0.497 e. The molecule has 0 aliphatic carbocycles. The third kappa shape index (κ3) is 4.96. The molecule has 1 aromatic carbocycles. The van der Waals surface area contributed by atoms with Gasteiger partial charge in [0.05, 0.1) is 17.8 Å². The number of hydrogen-bond donors (Lipinski definition) is 0. The van der Waals surface area contributed by atoms with Crippen molar-refractivity contribution in [1.82, 2.24) is 0 Å². The third-order valence-electron chi connectivity index (χ3n) is 4.79. The van der Waals surface area contributed by atoms with Crippen LogP contribution in [-0.4, -0.2) is 38.1 Å². The van der Waals surface area contributed by atoms with Crippen molar-refractivity contribution < 1.29 is 23.2 Å². The summed E-state index contributed by atoms with van der Waals surface area (Å²) in [5.41, 5.74) is -0.577. The van der Waals surface area contributed by atoms with Crippen LogP contribution in [-0.2, 0) is 14.0 Å². The van der Waals surface area contributed by atoms with Crippen LogP contribution in [0.5, 0.6) is 5.75 Å². The number of benzene rings is 1. The van der Waals surface area contributed by atoms with E-state index >= 15 is 0 Å². The van der Waals surface area contributed by atoms with E-state index in [1.54, 1.807) is 18.2 Å². The Hall–Kier alpha value is -1.11. The molecule has 3 rings (SSSR count). The van der Waals surface area contributed by atoms with E-state index in [0.717, 1.165) is 19.6 Å². The van der Waals surface area contributed by atoms with Crippen molar-refractivity contribution in [3.05, 3.63) is 24.0 Å². The van der Waals surface area contributed by atoms with Gasteiger partial charge >= 0.3 is 7.12 Å². The Morgan fingerprint density at radius 2 is 1.68 bits per heavy atom. The van der Waals surface area contributed by atoms with Gasteiger partial charge in [0.25, 0.3) is 0 Å². The van der Waals surface area contributed by atoms with Crippen LogP contribution in [0, 0.1) is 5.82 Å². The molecule has 2 saturated heterocycles. The monoisotopic (exact) mass is 352 g/mol. The van der Waals surface area contributed by atoms with Gasteiger partial charge in [-0.15, -0.1) is 0 Å². The second kappa shape index (κ2) is 8.52. The molecular formula is C19H30BFO4. The zero-order valence-corrected chi connectivity index (χ0v) is 16.1. The molecule has 2 heterocycles. The van der Waals surface area contributed by atoms with E-state index < -0.39 is 24.1 Å². The van der Waals surface area contributed by atoms with E-state index in [9.17, 15) is 4.39 Å². The van der Waals surface area contributed by atoms with Crippen molar-refractivity contribution in [3.63, 3.8) is 0 Å². The summed E-state index contributed by atoms with van der Waals surface area (Å²) < 4.78 is 36.6. The minimum Gasteiger partial charge on any atom is -0.491 e. The number of ether oxygens (including phenoxy) is 2. The third-order valence-corrected chi connectivity index (χ3v) is 4.79. The normalized spacial score (nSPS) is 21.0. The van der Waals surface area contributed by atoms with Crippen LogP contribution in [0.25, 0.3) is 0 Å². The summed E-state index contributed by atoms with van der Waals surface area (Å²) in [5.74, 6) is -0.154. The summed E-state index contributed by atoms with van der Waals surface area (Å²) in [5, 5.41) is 0. The molecule has 0 saturated carbocycles. The molecule has 0 atom stereocenters. The van der Waals surface area contributed by atoms with Crippen molar-refractivity contribution in [3.8, 4) is 5.75 Å². The number of halogens is 1. The first-order chi connectivity index (χ1) is 11.8. The molecule has 0 bridgehead atoms. The molecular weight excluding hydrogens is 322 g/mol. The van der Waals surface area contributed by atoms with Crippen LogP contribution in [0.3, 0.4) is 0 Å². The van der Waals surface area contributed by atoms with Crippen LogP contribution in [0.2, 0.25) is 0 Å². The highest BCUT2D eigenvalue weighted by molar-refractivity contribution is 6.62. The highest BCUT2D eigenvalue weighted by atomic mass is 19.1. The lowest BCUT2D eigenvalue weighted by atomic mass is 9.78. The van der Waals surface area contributed by atoms with Crippen LogP contribution in [0.15, 0.2) is 18.2 Å². The highest BCUT2D eigenvalue weighted by Gasteiger charge is 2.52. The Morgan fingerprint density at radius 1 is 1.08 bits per heavy atom. The molecule has 0 amide bonds. The van der Waals surface area contributed by atoms with Gasteiger partial charge in [0, 0.05) is 18.7 Å². The average molecular weight is 352 g/mol. The van der Waals surface area contributed by atoms with Gasteiger partial charge in [0.1, 0.15) is 0 Å². The molecule has 2 aliphatic rings. The van der Waals surface area contributed by atoms with Crippen molar-refractivity contribution in [1.29, 1.82) is 0 Å². The van der Waals surface area contributed by atoms with Crippen molar-refractivity contribution >= 4 is 12.6 Å². The molecule has 0 unspecified atom stereocenters. The average Bonchev–Trinajstić information content (AvgIpc) is 3.17. The van der Waals surface area contributed by atoms with Crippen LogP contribution in [0.1, 0.15) is 53.9 Å². The maximum atomic E-state index is 14.5. The van der Waals surface area contributed by atoms with E-state index in [4.69, 9.17) is 18.8 Å². The van der Waals surface area contributed by atoms with Crippen LogP contribution < -0.4 is 10.2 Å². The van der Waals surface area contributed by atoms with Gasteiger partial charge in [-0.25, -0.2) is 4.39 Å². The molecule has 1 aromatic rings. The molecule has 25 heavy (non-hydrogen) atoms. The second-order valence-corrected chi connectivity index (χ2v) is 7.42. The Bertz CT molecular complexity index is 535. The zero-order valence-electron chi connectivity index (χ0n) is 16.1. The molecule has 0 aromatic heterocycles. The Morgan fingerprint density at radius 3 is 2.16 bits per heavy atom.